The predicted molar refractivity (Wildman–Crippen MR) is 90.0 cm³/mol. The van der Waals surface area contributed by atoms with E-state index in [1.165, 1.54) is 0 Å². The molecule has 3 nitrogen and oxygen atoms in total. The molecule has 20 heavy (non-hydrogen) atoms. The standard InChI is InChI=1S/C14H10Br3NO2/c15-9-2-1-3-10(7-9)18-13(14(19)20)8-4-5-11(16)12(17)6-8/h1-7,13,18H,(H,19,20). The first-order valence-corrected chi connectivity index (χ1v) is 8.05. The van der Waals surface area contributed by atoms with Gasteiger partial charge >= 0.3 is 5.97 Å². The number of carboxylic acids is 1. The highest BCUT2D eigenvalue weighted by Gasteiger charge is 2.20. The Hall–Kier alpha value is -0.850. The van der Waals surface area contributed by atoms with E-state index in [-0.39, 0.29) is 0 Å². The van der Waals surface area contributed by atoms with Crippen molar-refractivity contribution in [1.82, 2.24) is 0 Å². The van der Waals surface area contributed by atoms with Crippen molar-refractivity contribution in [3.05, 3.63) is 61.4 Å². The van der Waals surface area contributed by atoms with E-state index in [4.69, 9.17) is 0 Å². The third-order valence-electron chi connectivity index (χ3n) is 2.66. The van der Waals surface area contributed by atoms with Gasteiger partial charge in [0.25, 0.3) is 0 Å². The number of anilines is 1. The van der Waals surface area contributed by atoms with E-state index in [2.05, 4.69) is 53.1 Å². The molecule has 1 atom stereocenters. The molecule has 0 spiro atoms. The molecule has 0 aliphatic heterocycles. The van der Waals surface area contributed by atoms with E-state index in [0.29, 0.717) is 5.56 Å². The summed E-state index contributed by atoms with van der Waals surface area (Å²) in [7, 11) is 0. The number of aliphatic carboxylic acids is 1. The molecule has 2 aromatic carbocycles. The van der Waals surface area contributed by atoms with Gasteiger partial charge in [0, 0.05) is 19.1 Å². The lowest BCUT2D eigenvalue weighted by atomic mass is 10.1. The lowest BCUT2D eigenvalue weighted by Gasteiger charge is -2.17. The third kappa shape index (κ3) is 3.84. The van der Waals surface area contributed by atoms with Crippen LogP contribution in [0.15, 0.2) is 55.9 Å². The predicted octanol–water partition coefficient (Wildman–Crippen LogP) is 5.21. The van der Waals surface area contributed by atoms with Crippen LogP contribution < -0.4 is 5.32 Å². The van der Waals surface area contributed by atoms with Gasteiger partial charge in [-0.3, -0.25) is 0 Å². The van der Waals surface area contributed by atoms with E-state index in [1.54, 1.807) is 12.1 Å². The number of hydrogen-bond acceptors (Lipinski definition) is 2. The molecule has 0 radical (unpaired) electrons. The summed E-state index contributed by atoms with van der Waals surface area (Å²) in [5.41, 5.74) is 1.42. The molecule has 0 aliphatic carbocycles. The molecule has 0 amide bonds. The fourth-order valence-corrected chi connectivity index (χ4v) is 2.77. The van der Waals surface area contributed by atoms with Gasteiger partial charge < -0.3 is 10.4 Å². The van der Waals surface area contributed by atoms with Crippen LogP contribution in [0.25, 0.3) is 0 Å². The Kier molecular flexibility index (Phi) is 5.23. The minimum Gasteiger partial charge on any atom is -0.479 e. The summed E-state index contributed by atoms with van der Waals surface area (Å²) < 4.78 is 2.59. The largest absolute Gasteiger partial charge is 0.479 e. The topological polar surface area (TPSA) is 49.3 Å². The minimum atomic E-state index is -0.931. The fourth-order valence-electron chi connectivity index (χ4n) is 1.72. The van der Waals surface area contributed by atoms with Crippen LogP contribution in [0.1, 0.15) is 11.6 Å². The molecule has 2 aromatic rings. The molecule has 6 heteroatoms. The zero-order valence-corrected chi connectivity index (χ0v) is 14.9. The van der Waals surface area contributed by atoms with E-state index in [9.17, 15) is 9.90 Å². The number of nitrogens with one attached hydrogen (secondary N) is 1. The molecule has 0 aromatic heterocycles. The van der Waals surface area contributed by atoms with Gasteiger partial charge in [-0.2, -0.15) is 0 Å². The SMILES string of the molecule is O=C(O)C(Nc1cccc(Br)c1)c1ccc(Br)c(Br)c1. The molecule has 1 unspecified atom stereocenters. The average molecular weight is 464 g/mol. The summed E-state index contributed by atoms with van der Waals surface area (Å²) in [6.45, 7) is 0. The molecular weight excluding hydrogens is 454 g/mol. The molecule has 104 valence electrons. The van der Waals surface area contributed by atoms with Crippen molar-refractivity contribution < 1.29 is 9.90 Å². The number of hydrogen-bond donors (Lipinski definition) is 2. The van der Waals surface area contributed by atoms with Crippen LogP contribution in [0.4, 0.5) is 5.69 Å². The Labute approximate surface area is 141 Å². The maximum atomic E-state index is 11.5. The van der Waals surface area contributed by atoms with Gasteiger partial charge in [0.2, 0.25) is 0 Å². The van der Waals surface area contributed by atoms with Crippen molar-refractivity contribution >= 4 is 59.4 Å². The first kappa shape index (κ1) is 15.5. The molecule has 0 fully saturated rings. The average Bonchev–Trinajstić information content (AvgIpc) is 2.39. The van der Waals surface area contributed by atoms with Gasteiger partial charge in [-0.25, -0.2) is 4.79 Å². The normalized spacial score (nSPS) is 11.9. The van der Waals surface area contributed by atoms with Crippen molar-refractivity contribution in [2.45, 2.75) is 6.04 Å². The summed E-state index contributed by atoms with van der Waals surface area (Å²) in [5.74, 6) is -0.931. The Morgan fingerprint density at radius 1 is 1.05 bits per heavy atom. The number of halogens is 3. The van der Waals surface area contributed by atoms with Crippen LogP contribution in [0.2, 0.25) is 0 Å². The molecule has 0 bridgehead atoms. The Bertz CT molecular complexity index is 646. The summed E-state index contributed by atoms with van der Waals surface area (Å²) in [4.78, 5) is 11.5. The fraction of sp³-hybridized carbons (Fsp3) is 0.0714. The van der Waals surface area contributed by atoms with E-state index < -0.39 is 12.0 Å². The Morgan fingerprint density at radius 2 is 1.80 bits per heavy atom. The van der Waals surface area contributed by atoms with Crippen LogP contribution in [-0.4, -0.2) is 11.1 Å². The molecule has 0 saturated heterocycles. The van der Waals surface area contributed by atoms with Gasteiger partial charge in [0.1, 0.15) is 0 Å². The van der Waals surface area contributed by atoms with Crippen LogP contribution in [0.3, 0.4) is 0 Å². The van der Waals surface area contributed by atoms with Crippen LogP contribution in [0.5, 0.6) is 0 Å². The Balaban J connectivity index is 2.32. The highest BCUT2D eigenvalue weighted by Crippen LogP contribution is 2.29. The molecular formula is C14H10Br3NO2. The molecule has 0 saturated carbocycles. The number of benzene rings is 2. The number of carbonyl (C=O) groups is 1. The van der Waals surface area contributed by atoms with Gasteiger partial charge in [-0.1, -0.05) is 28.1 Å². The van der Waals surface area contributed by atoms with Gasteiger partial charge in [-0.15, -0.1) is 0 Å². The van der Waals surface area contributed by atoms with Crippen molar-refractivity contribution in [2.24, 2.45) is 0 Å². The van der Waals surface area contributed by atoms with E-state index in [0.717, 1.165) is 19.1 Å². The molecule has 2 N–H and O–H groups in total. The summed E-state index contributed by atoms with van der Waals surface area (Å²) in [6.07, 6.45) is 0. The molecule has 0 aliphatic rings. The molecule has 0 heterocycles. The van der Waals surface area contributed by atoms with Crippen molar-refractivity contribution in [3.63, 3.8) is 0 Å². The second-order valence-corrected chi connectivity index (χ2v) is 6.72. The lowest BCUT2D eigenvalue weighted by Crippen LogP contribution is -2.20. The van der Waals surface area contributed by atoms with Crippen molar-refractivity contribution in [2.75, 3.05) is 5.32 Å². The summed E-state index contributed by atoms with van der Waals surface area (Å²) >= 11 is 10.1. The smallest absolute Gasteiger partial charge is 0.330 e. The quantitative estimate of drug-likeness (QED) is 0.654. The maximum Gasteiger partial charge on any atom is 0.330 e. The second kappa shape index (κ2) is 6.74. The van der Waals surface area contributed by atoms with E-state index in [1.807, 2.05) is 30.3 Å². The number of carboxylic acid groups (broad SMARTS) is 1. The maximum absolute atomic E-state index is 11.5. The van der Waals surface area contributed by atoms with Crippen molar-refractivity contribution in [3.8, 4) is 0 Å². The van der Waals surface area contributed by atoms with Gasteiger partial charge in [0.05, 0.1) is 0 Å². The summed E-state index contributed by atoms with van der Waals surface area (Å²) in [6, 6.07) is 12.0. The minimum absolute atomic E-state index is 0.674. The monoisotopic (exact) mass is 461 g/mol. The lowest BCUT2D eigenvalue weighted by molar-refractivity contribution is -0.138. The van der Waals surface area contributed by atoms with Gasteiger partial charge in [-0.05, 0) is 67.8 Å². The van der Waals surface area contributed by atoms with Crippen LogP contribution >= 0.6 is 47.8 Å². The van der Waals surface area contributed by atoms with Crippen molar-refractivity contribution in [1.29, 1.82) is 0 Å². The summed E-state index contributed by atoms with van der Waals surface area (Å²) in [5, 5.41) is 12.4. The molecule has 2 rings (SSSR count). The zero-order chi connectivity index (χ0) is 14.7. The van der Waals surface area contributed by atoms with Crippen LogP contribution in [-0.2, 0) is 4.79 Å². The first-order chi connectivity index (χ1) is 9.47. The first-order valence-electron chi connectivity index (χ1n) is 5.67. The second-order valence-electron chi connectivity index (χ2n) is 4.10. The highest BCUT2D eigenvalue weighted by atomic mass is 79.9. The third-order valence-corrected chi connectivity index (χ3v) is 5.03. The van der Waals surface area contributed by atoms with Crippen LogP contribution in [0, 0.1) is 0 Å². The zero-order valence-electron chi connectivity index (χ0n) is 10.1. The van der Waals surface area contributed by atoms with E-state index >= 15 is 0 Å². The number of rotatable bonds is 4. The van der Waals surface area contributed by atoms with Gasteiger partial charge in [0.15, 0.2) is 6.04 Å². The Morgan fingerprint density at radius 3 is 2.40 bits per heavy atom. The highest BCUT2D eigenvalue weighted by molar-refractivity contribution is 9.13.